The molecule has 0 amide bonds. The molecule has 0 radical (unpaired) electrons. The molecule has 168 valence electrons. The first-order chi connectivity index (χ1) is 14.3. The van der Waals surface area contributed by atoms with Gasteiger partial charge in [0, 0.05) is 13.1 Å². The molecule has 3 N–H and O–H groups in total. The summed E-state index contributed by atoms with van der Waals surface area (Å²) in [4.78, 5) is 25.5. The predicted molar refractivity (Wildman–Crippen MR) is 121 cm³/mol. The summed E-state index contributed by atoms with van der Waals surface area (Å²) in [5, 5.41) is 23.6. The Bertz CT molecular complexity index is 1140. The summed E-state index contributed by atoms with van der Waals surface area (Å²) in [5.74, 6) is 0.315. The third kappa shape index (κ3) is 5.94. The van der Waals surface area contributed by atoms with E-state index in [4.69, 9.17) is 23.2 Å². The van der Waals surface area contributed by atoms with Crippen LogP contribution in [0, 0.1) is 0 Å². The maximum atomic E-state index is 13.1. The van der Waals surface area contributed by atoms with Crippen molar-refractivity contribution in [2.24, 2.45) is 0 Å². The van der Waals surface area contributed by atoms with E-state index >= 15 is 0 Å². The molecule has 9 nitrogen and oxygen atoms in total. The second-order valence-corrected chi connectivity index (χ2v) is 9.48. The average Bonchev–Trinajstić information content (AvgIpc) is 2.90. The minimum atomic E-state index is -0.935. The highest BCUT2D eigenvalue weighted by Gasteiger charge is 2.21. The smallest absolute Gasteiger partial charge is 0.330 e. The molecule has 0 atom stereocenters. The van der Waals surface area contributed by atoms with Gasteiger partial charge in [-0.15, -0.1) is 0 Å². The van der Waals surface area contributed by atoms with Gasteiger partial charge >= 0.3 is 5.69 Å². The van der Waals surface area contributed by atoms with Gasteiger partial charge in [0.25, 0.3) is 0 Å². The maximum absolute atomic E-state index is 13.1. The number of fused-ring (bicyclic) bond motifs is 1. The fraction of sp³-hybridized carbons (Fsp3) is 0.500. The SMILES string of the molecule is CC(C)(O)CCn1c(=O)n(CCC(C)(C)O)c2ncc(Nc3nc(Cl)ncc3Cl)cc21. The lowest BCUT2D eigenvalue weighted by atomic mass is 10.1. The molecule has 0 aliphatic heterocycles. The number of pyridine rings is 1. The van der Waals surface area contributed by atoms with Crippen LogP contribution in [0.3, 0.4) is 0 Å². The highest BCUT2D eigenvalue weighted by molar-refractivity contribution is 6.33. The van der Waals surface area contributed by atoms with Crippen LogP contribution in [0.25, 0.3) is 11.2 Å². The molecule has 0 aliphatic carbocycles. The van der Waals surface area contributed by atoms with Crippen molar-refractivity contribution in [1.29, 1.82) is 0 Å². The molecule has 3 heterocycles. The number of aromatic nitrogens is 5. The molecule has 0 spiro atoms. The molecule has 0 unspecified atom stereocenters. The van der Waals surface area contributed by atoms with Crippen molar-refractivity contribution >= 4 is 45.9 Å². The highest BCUT2D eigenvalue weighted by atomic mass is 35.5. The molecular weight excluding hydrogens is 443 g/mol. The summed E-state index contributed by atoms with van der Waals surface area (Å²) in [6, 6.07) is 1.76. The largest absolute Gasteiger partial charge is 0.390 e. The van der Waals surface area contributed by atoms with Gasteiger partial charge in [0.1, 0.15) is 5.02 Å². The first-order valence-electron chi connectivity index (χ1n) is 9.83. The minimum Gasteiger partial charge on any atom is -0.390 e. The molecule has 0 saturated carbocycles. The Kier molecular flexibility index (Phi) is 6.61. The van der Waals surface area contributed by atoms with E-state index in [1.165, 1.54) is 10.8 Å². The van der Waals surface area contributed by atoms with Gasteiger partial charge in [0.2, 0.25) is 5.28 Å². The van der Waals surface area contributed by atoms with E-state index in [-0.39, 0.29) is 16.0 Å². The van der Waals surface area contributed by atoms with E-state index in [1.54, 1.807) is 44.5 Å². The van der Waals surface area contributed by atoms with Gasteiger partial charge < -0.3 is 15.5 Å². The molecule has 0 saturated heterocycles. The van der Waals surface area contributed by atoms with Gasteiger partial charge in [-0.25, -0.2) is 14.8 Å². The van der Waals surface area contributed by atoms with Crippen molar-refractivity contribution < 1.29 is 10.2 Å². The monoisotopic (exact) mass is 468 g/mol. The number of anilines is 2. The molecule has 3 aromatic heterocycles. The van der Waals surface area contributed by atoms with Gasteiger partial charge in [-0.2, -0.15) is 4.98 Å². The summed E-state index contributed by atoms with van der Waals surface area (Å²) < 4.78 is 3.11. The number of aryl methyl sites for hydroxylation is 2. The lowest BCUT2D eigenvalue weighted by Crippen LogP contribution is -2.30. The van der Waals surface area contributed by atoms with Crippen LogP contribution in [0.2, 0.25) is 10.3 Å². The number of nitrogens with one attached hydrogen (secondary N) is 1. The quantitative estimate of drug-likeness (QED) is 0.433. The Morgan fingerprint density at radius 3 is 2.23 bits per heavy atom. The van der Waals surface area contributed by atoms with Crippen molar-refractivity contribution in [2.75, 3.05) is 5.32 Å². The number of halogens is 2. The zero-order valence-corrected chi connectivity index (χ0v) is 19.4. The van der Waals surface area contributed by atoms with Crippen LogP contribution in [-0.2, 0) is 13.1 Å². The van der Waals surface area contributed by atoms with E-state index in [1.807, 2.05) is 0 Å². The van der Waals surface area contributed by atoms with Gasteiger partial charge in [0.15, 0.2) is 11.5 Å². The van der Waals surface area contributed by atoms with Crippen LogP contribution in [0.5, 0.6) is 0 Å². The zero-order valence-electron chi connectivity index (χ0n) is 17.9. The molecule has 3 rings (SSSR count). The minimum absolute atomic E-state index is 0.0424. The average molecular weight is 469 g/mol. The van der Waals surface area contributed by atoms with Crippen molar-refractivity contribution in [3.63, 3.8) is 0 Å². The number of hydrogen-bond acceptors (Lipinski definition) is 7. The standard InChI is InChI=1S/C20H26Cl2N6O3/c1-19(2,30)5-7-27-14-9-12(25-15-13(21)11-24-17(22)26-15)10-23-16(14)28(18(27)29)8-6-20(3,4)31/h9-11,30-31H,5-8H2,1-4H3,(H,24,25,26). The Morgan fingerprint density at radius 1 is 1.00 bits per heavy atom. The Labute approximate surface area is 189 Å². The van der Waals surface area contributed by atoms with Crippen molar-refractivity contribution in [2.45, 2.75) is 64.8 Å². The summed E-state index contributed by atoms with van der Waals surface area (Å²) in [5.41, 5.74) is -0.480. The van der Waals surface area contributed by atoms with Crippen LogP contribution in [-0.4, -0.2) is 45.5 Å². The van der Waals surface area contributed by atoms with Crippen LogP contribution in [0.4, 0.5) is 11.5 Å². The summed E-state index contributed by atoms with van der Waals surface area (Å²) >= 11 is 12.0. The van der Waals surface area contributed by atoms with E-state index in [0.717, 1.165) is 0 Å². The topological polar surface area (TPSA) is 118 Å². The number of aliphatic hydroxyl groups is 2. The molecule has 3 aromatic rings. The second kappa shape index (κ2) is 8.74. The van der Waals surface area contributed by atoms with Gasteiger partial charge in [-0.1, -0.05) is 11.6 Å². The third-order valence-corrected chi connectivity index (χ3v) is 5.19. The first-order valence-corrected chi connectivity index (χ1v) is 10.6. The van der Waals surface area contributed by atoms with E-state index in [0.29, 0.717) is 48.6 Å². The Hall–Kier alpha value is -2.20. The van der Waals surface area contributed by atoms with Crippen LogP contribution >= 0.6 is 23.2 Å². The fourth-order valence-electron chi connectivity index (χ4n) is 3.02. The Morgan fingerprint density at radius 2 is 1.61 bits per heavy atom. The van der Waals surface area contributed by atoms with Gasteiger partial charge in [0.05, 0.1) is 34.8 Å². The lowest BCUT2D eigenvalue weighted by Gasteiger charge is -2.17. The van der Waals surface area contributed by atoms with Crippen LogP contribution in [0.1, 0.15) is 40.5 Å². The van der Waals surface area contributed by atoms with Gasteiger partial charge in [-0.3, -0.25) is 9.13 Å². The van der Waals surface area contributed by atoms with Crippen molar-refractivity contribution in [1.82, 2.24) is 24.1 Å². The predicted octanol–water partition coefficient (Wildman–Crippen LogP) is 3.36. The molecule has 0 aliphatic rings. The highest BCUT2D eigenvalue weighted by Crippen LogP contribution is 2.26. The first kappa shape index (κ1) is 23.5. The van der Waals surface area contributed by atoms with Crippen molar-refractivity contribution in [3.05, 3.63) is 39.3 Å². The number of imidazole rings is 1. The maximum Gasteiger partial charge on any atom is 0.330 e. The molecule has 11 heteroatoms. The molecule has 0 bridgehead atoms. The van der Waals surface area contributed by atoms with Crippen LogP contribution in [0.15, 0.2) is 23.3 Å². The lowest BCUT2D eigenvalue weighted by molar-refractivity contribution is 0.0653. The fourth-order valence-corrected chi connectivity index (χ4v) is 3.29. The zero-order chi connectivity index (χ0) is 23.0. The normalized spacial score (nSPS) is 12.5. The second-order valence-electron chi connectivity index (χ2n) is 8.74. The van der Waals surface area contributed by atoms with E-state index in [9.17, 15) is 15.0 Å². The van der Waals surface area contributed by atoms with Gasteiger partial charge in [-0.05, 0) is 58.2 Å². The van der Waals surface area contributed by atoms with Crippen molar-refractivity contribution in [3.8, 4) is 0 Å². The van der Waals surface area contributed by atoms with E-state index < -0.39 is 11.2 Å². The summed E-state index contributed by atoms with van der Waals surface area (Å²) in [7, 11) is 0. The molecular formula is C20H26Cl2N6O3. The summed E-state index contributed by atoms with van der Waals surface area (Å²) in [6.45, 7) is 7.38. The summed E-state index contributed by atoms with van der Waals surface area (Å²) in [6.07, 6.45) is 3.71. The molecule has 0 aromatic carbocycles. The number of nitrogens with zero attached hydrogens (tertiary/aromatic N) is 5. The molecule has 0 fully saturated rings. The number of hydrogen-bond donors (Lipinski definition) is 3. The van der Waals surface area contributed by atoms with E-state index in [2.05, 4.69) is 20.3 Å². The Balaban J connectivity index is 2.05. The number of rotatable bonds is 8. The third-order valence-electron chi connectivity index (χ3n) is 4.73. The molecule has 31 heavy (non-hydrogen) atoms. The van der Waals surface area contributed by atoms with Crippen LogP contribution < -0.4 is 11.0 Å².